The maximum absolute atomic E-state index is 12.0. The largest absolute Gasteiger partial charge is 0.325 e. The minimum Gasteiger partial charge on any atom is -0.325 e. The number of rotatable bonds is 5. The Kier molecular flexibility index (Phi) is 5.04. The molecule has 23 heavy (non-hydrogen) atoms. The van der Waals surface area contributed by atoms with Crippen LogP contribution in [0.1, 0.15) is 0 Å². The van der Waals surface area contributed by atoms with E-state index in [0.29, 0.717) is 5.82 Å². The van der Waals surface area contributed by atoms with E-state index in [1.165, 1.54) is 18.1 Å². The number of carbonyl (C=O) groups excluding carboxylic acids is 1. The maximum Gasteiger partial charge on any atom is 0.234 e. The number of anilines is 1. The van der Waals surface area contributed by atoms with Gasteiger partial charge in [0, 0.05) is 28.6 Å². The highest BCUT2D eigenvalue weighted by atomic mass is 79.9. The third-order valence-electron chi connectivity index (χ3n) is 2.85. The van der Waals surface area contributed by atoms with Crippen molar-refractivity contribution in [1.82, 2.24) is 19.7 Å². The first-order valence-corrected chi connectivity index (χ1v) is 8.49. The molecule has 0 bridgehead atoms. The van der Waals surface area contributed by atoms with Crippen molar-refractivity contribution >= 4 is 39.3 Å². The lowest BCUT2D eigenvalue weighted by Crippen LogP contribution is -2.14. The van der Waals surface area contributed by atoms with E-state index >= 15 is 0 Å². The van der Waals surface area contributed by atoms with Gasteiger partial charge in [0.05, 0.1) is 5.75 Å². The van der Waals surface area contributed by atoms with Crippen LogP contribution in [-0.2, 0) is 4.79 Å². The fraction of sp³-hybridized carbons (Fsp3) is 0.0667. The molecule has 0 unspecified atom stereocenters. The minimum atomic E-state index is -0.0865. The molecule has 0 radical (unpaired) electrons. The van der Waals surface area contributed by atoms with Gasteiger partial charge in [-0.25, -0.2) is 14.6 Å². The van der Waals surface area contributed by atoms with Crippen LogP contribution in [0, 0.1) is 0 Å². The highest BCUT2D eigenvalue weighted by Gasteiger charge is 2.06. The molecule has 2 heterocycles. The van der Waals surface area contributed by atoms with Crippen molar-refractivity contribution in [3.63, 3.8) is 0 Å². The van der Waals surface area contributed by atoms with E-state index in [-0.39, 0.29) is 11.7 Å². The summed E-state index contributed by atoms with van der Waals surface area (Å²) in [6, 6.07) is 11.1. The monoisotopic (exact) mass is 389 g/mol. The lowest BCUT2D eigenvalue weighted by molar-refractivity contribution is -0.113. The summed E-state index contributed by atoms with van der Waals surface area (Å²) in [5, 5.41) is 7.68. The number of benzene rings is 1. The van der Waals surface area contributed by atoms with Gasteiger partial charge in [-0.15, -0.1) is 0 Å². The van der Waals surface area contributed by atoms with Crippen molar-refractivity contribution in [3.05, 3.63) is 59.6 Å². The smallest absolute Gasteiger partial charge is 0.234 e. The van der Waals surface area contributed by atoms with E-state index in [2.05, 4.69) is 36.3 Å². The fourth-order valence-corrected chi connectivity index (χ4v) is 2.73. The van der Waals surface area contributed by atoms with Gasteiger partial charge in [0.25, 0.3) is 0 Å². The van der Waals surface area contributed by atoms with Gasteiger partial charge in [-0.05, 0) is 30.3 Å². The molecule has 3 rings (SSSR count). The molecular formula is C15H12BrN5OS. The van der Waals surface area contributed by atoms with Crippen LogP contribution in [0.3, 0.4) is 0 Å². The molecule has 0 saturated carbocycles. The highest BCUT2D eigenvalue weighted by Crippen LogP contribution is 2.18. The summed E-state index contributed by atoms with van der Waals surface area (Å²) in [5.41, 5.74) is 0.763. The Morgan fingerprint density at radius 1 is 1.26 bits per heavy atom. The summed E-state index contributed by atoms with van der Waals surface area (Å²) < 4.78 is 2.62. The second-order valence-electron chi connectivity index (χ2n) is 4.51. The average molecular weight is 390 g/mol. The van der Waals surface area contributed by atoms with E-state index in [4.69, 9.17) is 0 Å². The summed E-state index contributed by atoms with van der Waals surface area (Å²) in [7, 11) is 0. The zero-order valence-corrected chi connectivity index (χ0v) is 14.3. The number of aromatic nitrogens is 4. The first kappa shape index (κ1) is 15.7. The third kappa shape index (κ3) is 4.40. The molecule has 0 saturated heterocycles. The molecule has 6 nitrogen and oxygen atoms in total. The first-order chi connectivity index (χ1) is 11.2. The summed E-state index contributed by atoms with van der Waals surface area (Å²) in [6.07, 6.45) is 4.95. The Morgan fingerprint density at radius 3 is 2.83 bits per heavy atom. The minimum absolute atomic E-state index is 0.0865. The molecule has 2 aromatic heterocycles. The van der Waals surface area contributed by atoms with Crippen molar-refractivity contribution < 1.29 is 4.79 Å². The average Bonchev–Trinajstić information content (AvgIpc) is 3.10. The van der Waals surface area contributed by atoms with E-state index in [1.807, 2.05) is 30.3 Å². The van der Waals surface area contributed by atoms with Crippen molar-refractivity contribution in [1.29, 1.82) is 0 Å². The van der Waals surface area contributed by atoms with Crippen molar-refractivity contribution in [2.24, 2.45) is 0 Å². The van der Waals surface area contributed by atoms with Gasteiger partial charge < -0.3 is 5.32 Å². The zero-order valence-electron chi connectivity index (χ0n) is 11.9. The van der Waals surface area contributed by atoms with Crippen LogP contribution in [-0.4, -0.2) is 31.4 Å². The van der Waals surface area contributed by atoms with Gasteiger partial charge in [-0.2, -0.15) is 5.10 Å². The maximum atomic E-state index is 12.0. The first-order valence-electron chi connectivity index (χ1n) is 6.71. The Balaban J connectivity index is 1.58. The van der Waals surface area contributed by atoms with Crippen LogP contribution in [0.15, 0.2) is 64.6 Å². The van der Waals surface area contributed by atoms with Crippen LogP contribution >= 0.6 is 27.7 Å². The van der Waals surface area contributed by atoms with Gasteiger partial charge >= 0.3 is 0 Å². The molecule has 0 fully saturated rings. The van der Waals surface area contributed by atoms with Crippen LogP contribution in [0.2, 0.25) is 0 Å². The molecule has 8 heteroatoms. The number of nitrogens with one attached hydrogen (secondary N) is 1. The molecule has 0 atom stereocenters. The van der Waals surface area contributed by atoms with Crippen LogP contribution in [0.25, 0.3) is 5.82 Å². The number of amides is 1. The van der Waals surface area contributed by atoms with Crippen molar-refractivity contribution in [3.8, 4) is 5.82 Å². The molecule has 1 amide bonds. The Morgan fingerprint density at radius 2 is 2.09 bits per heavy atom. The van der Waals surface area contributed by atoms with Crippen molar-refractivity contribution in [2.75, 3.05) is 11.1 Å². The van der Waals surface area contributed by atoms with E-state index in [1.54, 1.807) is 23.1 Å². The number of nitrogens with zero attached hydrogens (tertiary/aromatic N) is 4. The SMILES string of the molecule is O=C(CSc1cc(-n2cccn2)ncn1)Nc1ccc(Br)cc1. The Labute approximate surface area is 145 Å². The summed E-state index contributed by atoms with van der Waals surface area (Å²) in [6.45, 7) is 0. The van der Waals surface area contributed by atoms with Crippen molar-refractivity contribution in [2.45, 2.75) is 5.03 Å². The summed E-state index contributed by atoms with van der Waals surface area (Å²) >= 11 is 4.71. The van der Waals surface area contributed by atoms with E-state index in [0.717, 1.165) is 15.2 Å². The predicted octanol–water partition coefficient (Wildman–Crippen LogP) is 3.16. The van der Waals surface area contributed by atoms with Crippen LogP contribution in [0.4, 0.5) is 5.69 Å². The van der Waals surface area contributed by atoms with Gasteiger partial charge in [-0.1, -0.05) is 27.7 Å². The number of carbonyl (C=O) groups is 1. The molecule has 0 aliphatic rings. The summed E-state index contributed by atoms with van der Waals surface area (Å²) in [5.74, 6) is 0.850. The molecule has 1 N–H and O–H groups in total. The second kappa shape index (κ2) is 7.38. The van der Waals surface area contributed by atoms with Gasteiger partial charge in [0.15, 0.2) is 5.82 Å². The zero-order chi connectivity index (χ0) is 16.1. The Bertz CT molecular complexity index is 792. The molecular weight excluding hydrogens is 378 g/mol. The summed E-state index contributed by atoms with van der Waals surface area (Å²) in [4.78, 5) is 20.3. The van der Waals surface area contributed by atoms with E-state index < -0.39 is 0 Å². The number of halogens is 1. The Hall–Kier alpha value is -2.19. The molecule has 0 spiro atoms. The predicted molar refractivity (Wildman–Crippen MR) is 92.6 cm³/mol. The fourth-order valence-electron chi connectivity index (χ4n) is 1.81. The topological polar surface area (TPSA) is 72.7 Å². The normalized spacial score (nSPS) is 10.5. The van der Waals surface area contributed by atoms with Crippen LogP contribution in [0.5, 0.6) is 0 Å². The quantitative estimate of drug-likeness (QED) is 0.535. The molecule has 1 aromatic carbocycles. The molecule has 0 aliphatic heterocycles. The van der Waals surface area contributed by atoms with E-state index in [9.17, 15) is 4.79 Å². The number of hydrogen-bond donors (Lipinski definition) is 1. The van der Waals surface area contributed by atoms with Crippen LogP contribution < -0.4 is 5.32 Å². The molecule has 116 valence electrons. The second-order valence-corrected chi connectivity index (χ2v) is 6.42. The third-order valence-corrected chi connectivity index (χ3v) is 4.30. The standard InChI is InChI=1S/C15H12BrN5OS/c16-11-2-4-12(5-3-11)20-14(22)9-23-15-8-13(17-10-18-15)21-7-1-6-19-21/h1-8,10H,9H2,(H,20,22). The lowest BCUT2D eigenvalue weighted by atomic mass is 10.3. The van der Waals surface area contributed by atoms with Gasteiger partial charge in [0.2, 0.25) is 5.91 Å². The lowest BCUT2D eigenvalue weighted by Gasteiger charge is -2.06. The van der Waals surface area contributed by atoms with Gasteiger partial charge in [-0.3, -0.25) is 4.79 Å². The molecule has 3 aromatic rings. The molecule has 0 aliphatic carbocycles. The number of hydrogen-bond acceptors (Lipinski definition) is 5. The number of thioether (sulfide) groups is 1. The van der Waals surface area contributed by atoms with Gasteiger partial charge in [0.1, 0.15) is 11.4 Å². The highest BCUT2D eigenvalue weighted by molar-refractivity contribution is 9.10.